The van der Waals surface area contributed by atoms with Gasteiger partial charge in [-0.2, -0.15) is 0 Å². The second-order valence-corrected chi connectivity index (χ2v) is 8.77. The van der Waals surface area contributed by atoms with Crippen LogP contribution in [0.1, 0.15) is 44.7 Å². The van der Waals surface area contributed by atoms with Crippen molar-refractivity contribution in [3.63, 3.8) is 0 Å². The number of carbonyl (C=O) groups excluding carboxylic acids is 1. The van der Waals surface area contributed by atoms with Crippen LogP contribution >= 0.6 is 0 Å². The average molecular weight is 412 g/mol. The minimum Gasteiger partial charge on any atom is -0.444 e. The predicted octanol–water partition coefficient (Wildman–Crippen LogP) is 5.19. The van der Waals surface area contributed by atoms with Crippen molar-refractivity contribution >= 4 is 6.09 Å². The molecule has 3 rings (SSSR count). The van der Waals surface area contributed by atoms with Gasteiger partial charge in [-0.3, -0.25) is 4.90 Å². The van der Waals surface area contributed by atoms with Crippen molar-refractivity contribution in [1.82, 2.24) is 4.90 Å². The van der Waals surface area contributed by atoms with Crippen molar-refractivity contribution in [2.24, 2.45) is 0 Å². The van der Waals surface area contributed by atoms with E-state index in [0.29, 0.717) is 26.4 Å². The average Bonchev–Trinajstić information content (AvgIpc) is 3.11. The Balaban J connectivity index is 1.57. The van der Waals surface area contributed by atoms with Crippen molar-refractivity contribution < 1.29 is 19.0 Å². The van der Waals surface area contributed by atoms with E-state index < -0.39 is 5.60 Å². The van der Waals surface area contributed by atoms with Gasteiger partial charge < -0.3 is 14.2 Å². The molecule has 0 aliphatic carbocycles. The predicted molar refractivity (Wildman–Crippen MR) is 117 cm³/mol. The molecule has 2 atom stereocenters. The fourth-order valence-electron chi connectivity index (χ4n) is 3.68. The Kier molecular flexibility index (Phi) is 7.88. The van der Waals surface area contributed by atoms with Crippen LogP contribution in [0.5, 0.6) is 0 Å². The number of amides is 1. The molecule has 5 nitrogen and oxygen atoms in total. The first-order valence-electron chi connectivity index (χ1n) is 10.7. The van der Waals surface area contributed by atoms with Gasteiger partial charge in [-0.15, -0.1) is 0 Å². The fourth-order valence-corrected chi connectivity index (χ4v) is 3.68. The number of rotatable bonds is 8. The summed E-state index contributed by atoms with van der Waals surface area (Å²) in [6, 6.07) is 20.1. The Labute approximate surface area is 179 Å². The Bertz CT molecular complexity index is 719. The van der Waals surface area contributed by atoms with Crippen LogP contribution in [0.4, 0.5) is 4.79 Å². The summed E-state index contributed by atoms with van der Waals surface area (Å²) >= 11 is 0. The highest BCUT2D eigenvalue weighted by atomic mass is 16.6. The van der Waals surface area contributed by atoms with Gasteiger partial charge in [0, 0.05) is 0 Å². The van der Waals surface area contributed by atoms with Gasteiger partial charge in [0.05, 0.1) is 38.5 Å². The summed E-state index contributed by atoms with van der Waals surface area (Å²) in [5, 5.41) is 0. The quantitative estimate of drug-likeness (QED) is 0.600. The van der Waals surface area contributed by atoms with Crippen molar-refractivity contribution in [1.29, 1.82) is 0 Å². The number of benzene rings is 2. The van der Waals surface area contributed by atoms with E-state index in [1.165, 1.54) is 0 Å². The highest BCUT2D eigenvalue weighted by Gasteiger charge is 2.39. The first kappa shape index (κ1) is 22.3. The normalized spacial score (nSPS) is 19.1. The van der Waals surface area contributed by atoms with Gasteiger partial charge in [0.15, 0.2) is 0 Å². The van der Waals surface area contributed by atoms with Crippen LogP contribution < -0.4 is 0 Å². The highest BCUT2D eigenvalue weighted by Crippen LogP contribution is 2.27. The van der Waals surface area contributed by atoms with E-state index in [-0.39, 0.29) is 18.2 Å². The van der Waals surface area contributed by atoms with Crippen molar-refractivity contribution in [3.05, 3.63) is 71.8 Å². The van der Waals surface area contributed by atoms with E-state index in [1.54, 1.807) is 0 Å². The van der Waals surface area contributed by atoms with Crippen LogP contribution in [-0.4, -0.2) is 41.9 Å². The van der Waals surface area contributed by atoms with Gasteiger partial charge >= 0.3 is 6.09 Å². The third-order valence-electron chi connectivity index (χ3n) is 5.07. The molecular formula is C25H33NO4. The summed E-state index contributed by atoms with van der Waals surface area (Å²) in [5.74, 6) is 0. The maximum Gasteiger partial charge on any atom is 0.410 e. The lowest BCUT2D eigenvalue weighted by Gasteiger charge is -2.32. The van der Waals surface area contributed by atoms with Crippen molar-refractivity contribution in [3.8, 4) is 0 Å². The van der Waals surface area contributed by atoms with Gasteiger partial charge in [-0.1, -0.05) is 60.7 Å². The number of ether oxygens (including phenoxy) is 3. The van der Waals surface area contributed by atoms with Crippen molar-refractivity contribution in [2.75, 3.05) is 13.2 Å². The molecular weight excluding hydrogens is 378 g/mol. The minimum atomic E-state index is -0.537. The number of likely N-dealkylation sites (tertiary alicyclic amines) is 1. The molecule has 0 radical (unpaired) electrons. The molecule has 0 N–H and O–H groups in total. The fraction of sp³-hybridized carbons (Fsp3) is 0.480. The third-order valence-corrected chi connectivity index (χ3v) is 5.07. The lowest BCUT2D eigenvalue weighted by atomic mass is 10.2. The van der Waals surface area contributed by atoms with Crippen molar-refractivity contribution in [2.45, 2.75) is 64.5 Å². The maximum absolute atomic E-state index is 12.9. The van der Waals surface area contributed by atoms with E-state index in [9.17, 15) is 4.79 Å². The zero-order valence-corrected chi connectivity index (χ0v) is 18.3. The molecule has 30 heavy (non-hydrogen) atoms. The minimum absolute atomic E-state index is 0.00566. The number of nitrogens with zero attached hydrogens (tertiary/aromatic N) is 1. The summed E-state index contributed by atoms with van der Waals surface area (Å²) in [4.78, 5) is 14.8. The van der Waals surface area contributed by atoms with Gasteiger partial charge in [0.2, 0.25) is 0 Å². The molecule has 1 fully saturated rings. The number of hydrogen-bond donors (Lipinski definition) is 0. The van der Waals surface area contributed by atoms with Crippen LogP contribution in [0.15, 0.2) is 60.7 Å². The second-order valence-electron chi connectivity index (χ2n) is 8.77. The van der Waals surface area contributed by atoms with Gasteiger partial charge in [0.25, 0.3) is 0 Å². The Hall–Kier alpha value is -2.37. The molecule has 1 aliphatic heterocycles. The van der Waals surface area contributed by atoms with E-state index in [4.69, 9.17) is 14.2 Å². The molecule has 5 heteroatoms. The number of carbonyl (C=O) groups is 1. The van der Waals surface area contributed by atoms with Crippen LogP contribution in [0.25, 0.3) is 0 Å². The number of hydrogen-bond acceptors (Lipinski definition) is 4. The standard InChI is InChI=1S/C25H33NO4/c1-25(2,3)30-24(27)26-22(18-28-16-20-10-6-4-7-11-20)14-15-23(26)19-29-17-21-12-8-5-9-13-21/h4-13,22-23H,14-19H2,1-3H3/t22-,23-/m0/s1. The maximum atomic E-state index is 12.9. The Morgan fingerprint density at radius 1 is 0.833 bits per heavy atom. The van der Waals surface area contributed by atoms with Gasteiger partial charge in [0.1, 0.15) is 5.60 Å². The molecule has 1 aliphatic rings. The van der Waals surface area contributed by atoms with Crippen LogP contribution in [-0.2, 0) is 27.4 Å². The first-order valence-corrected chi connectivity index (χ1v) is 10.7. The van der Waals surface area contributed by atoms with Crippen LogP contribution in [0, 0.1) is 0 Å². The molecule has 1 heterocycles. The lowest BCUT2D eigenvalue weighted by Crippen LogP contribution is -2.47. The molecule has 0 saturated carbocycles. The summed E-state index contributed by atoms with van der Waals surface area (Å²) < 4.78 is 17.6. The summed E-state index contributed by atoms with van der Waals surface area (Å²) in [6.45, 7) is 7.73. The van der Waals surface area contributed by atoms with Crippen LogP contribution in [0.3, 0.4) is 0 Å². The third kappa shape index (κ3) is 6.85. The Morgan fingerprint density at radius 2 is 1.27 bits per heavy atom. The molecule has 1 saturated heterocycles. The molecule has 2 aromatic rings. The molecule has 162 valence electrons. The second kappa shape index (κ2) is 10.6. The van der Waals surface area contributed by atoms with Gasteiger partial charge in [-0.25, -0.2) is 4.79 Å². The highest BCUT2D eigenvalue weighted by molar-refractivity contribution is 5.69. The molecule has 0 unspecified atom stereocenters. The molecule has 0 aromatic heterocycles. The zero-order valence-electron chi connectivity index (χ0n) is 18.3. The van der Waals surface area contributed by atoms with Crippen LogP contribution in [0.2, 0.25) is 0 Å². The van der Waals surface area contributed by atoms with E-state index in [1.807, 2.05) is 86.3 Å². The molecule has 0 bridgehead atoms. The Morgan fingerprint density at radius 3 is 1.67 bits per heavy atom. The van der Waals surface area contributed by atoms with E-state index >= 15 is 0 Å². The summed E-state index contributed by atoms with van der Waals surface area (Å²) in [7, 11) is 0. The monoisotopic (exact) mass is 411 g/mol. The summed E-state index contributed by atoms with van der Waals surface area (Å²) in [5.41, 5.74) is 1.72. The molecule has 2 aromatic carbocycles. The SMILES string of the molecule is CC(C)(C)OC(=O)N1[C@H](COCc2ccccc2)CC[C@H]1COCc1ccccc1. The largest absolute Gasteiger partial charge is 0.444 e. The molecule has 1 amide bonds. The first-order chi connectivity index (χ1) is 14.4. The lowest BCUT2D eigenvalue weighted by molar-refractivity contribution is -0.0132. The molecule has 0 spiro atoms. The van der Waals surface area contributed by atoms with Gasteiger partial charge in [-0.05, 0) is 44.7 Å². The topological polar surface area (TPSA) is 48.0 Å². The van der Waals surface area contributed by atoms with E-state index in [0.717, 1.165) is 24.0 Å². The zero-order chi connectivity index (χ0) is 21.4. The van der Waals surface area contributed by atoms with E-state index in [2.05, 4.69) is 0 Å². The summed E-state index contributed by atoms with van der Waals surface area (Å²) in [6.07, 6.45) is 1.47. The smallest absolute Gasteiger partial charge is 0.410 e.